The maximum atomic E-state index is 14.8. The van der Waals surface area contributed by atoms with Crippen molar-refractivity contribution in [3.05, 3.63) is 117 Å². The topological polar surface area (TPSA) is 118 Å². The number of pyridine rings is 1. The van der Waals surface area contributed by atoms with E-state index in [2.05, 4.69) is 20.3 Å². The number of aromatic hydroxyl groups is 1. The first kappa shape index (κ1) is 25.5. The van der Waals surface area contributed by atoms with Crippen LogP contribution < -0.4 is 16.6 Å². The number of para-hydroxylation sites is 1. The second kappa shape index (κ2) is 10.3. The number of phenols is 1. The lowest BCUT2D eigenvalue weighted by Crippen LogP contribution is -2.25. The molecular formula is C29H24F2N6O2. The van der Waals surface area contributed by atoms with Crippen LogP contribution in [0, 0.1) is 18.6 Å². The molecule has 0 amide bonds. The van der Waals surface area contributed by atoms with Gasteiger partial charge in [-0.3, -0.25) is 14.4 Å². The molecule has 10 heteroatoms. The van der Waals surface area contributed by atoms with E-state index in [9.17, 15) is 18.7 Å². The van der Waals surface area contributed by atoms with E-state index in [4.69, 9.17) is 5.73 Å². The summed E-state index contributed by atoms with van der Waals surface area (Å²) in [6.07, 6.45) is 1.28. The van der Waals surface area contributed by atoms with E-state index in [-0.39, 0.29) is 17.7 Å². The summed E-state index contributed by atoms with van der Waals surface area (Å²) >= 11 is 0. The van der Waals surface area contributed by atoms with Gasteiger partial charge in [-0.2, -0.15) is 0 Å². The lowest BCUT2D eigenvalue weighted by molar-refractivity contribution is 0.432. The van der Waals surface area contributed by atoms with E-state index in [0.717, 1.165) is 11.6 Å². The van der Waals surface area contributed by atoms with Crippen molar-refractivity contribution in [3.8, 4) is 11.4 Å². The monoisotopic (exact) mass is 526 g/mol. The quantitative estimate of drug-likeness (QED) is 0.275. The number of aryl methyl sites for hydroxylation is 1. The van der Waals surface area contributed by atoms with Crippen molar-refractivity contribution in [2.24, 2.45) is 4.99 Å². The Balaban J connectivity index is 1.63. The number of hydrogen-bond acceptors (Lipinski definition) is 7. The number of phenolic OH excluding ortho intramolecular Hbond substituents is 1. The van der Waals surface area contributed by atoms with E-state index >= 15 is 0 Å². The molecule has 39 heavy (non-hydrogen) atoms. The van der Waals surface area contributed by atoms with Crippen molar-refractivity contribution < 1.29 is 13.9 Å². The van der Waals surface area contributed by atoms with Crippen LogP contribution >= 0.6 is 0 Å². The van der Waals surface area contributed by atoms with E-state index in [1.807, 2.05) is 25.1 Å². The van der Waals surface area contributed by atoms with E-state index < -0.39 is 22.9 Å². The first-order valence-electron chi connectivity index (χ1n) is 12.0. The van der Waals surface area contributed by atoms with Crippen LogP contribution in [0.3, 0.4) is 0 Å². The molecule has 0 bridgehead atoms. The lowest BCUT2D eigenvalue weighted by atomic mass is 10.0. The predicted octanol–water partition coefficient (Wildman–Crippen LogP) is 4.73. The fraction of sp³-hybridized carbons (Fsp3) is 0.103. The molecule has 5 rings (SSSR count). The zero-order valence-corrected chi connectivity index (χ0v) is 21.1. The zero-order chi connectivity index (χ0) is 27.7. The third-order valence-electron chi connectivity index (χ3n) is 6.42. The van der Waals surface area contributed by atoms with Crippen LogP contribution in [0.25, 0.3) is 16.5 Å². The summed E-state index contributed by atoms with van der Waals surface area (Å²) in [4.78, 5) is 26.4. The van der Waals surface area contributed by atoms with Crippen LogP contribution in [0.4, 0.5) is 20.4 Å². The highest BCUT2D eigenvalue weighted by Crippen LogP contribution is 2.27. The molecule has 8 nitrogen and oxygen atoms in total. The van der Waals surface area contributed by atoms with Crippen molar-refractivity contribution in [3.63, 3.8) is 0 Å². The van der Waals surface area contributed by atoms with Gasteiger partial charge in [0, 0.05) is 18.3 Å². The summed E-state index contributed by atoms with van der Waals surface area (Å²) in [5.74, 6) is -1.50. The Hall–Kier alpha value is -5.12. The summed E-state index contributed by atoms with van der Waals surface area (Å²) in [6.45, 7) is 1.97. The molecule has 0 aliphatic rings. The summed E-state index contributed by atoms with van der Waals surface area (Å²) < 4.78 is 29.9. The van der Waals surface area contributed by atoms with Crippen LogP contribution in [0.2, 0.25) is 0 Å². The van der Waals surface area contributed by atoms with Gasteiger partial charge < -0.3 is 16.2 Å². The van der Waals surface area contributed by atoms with Crippen molar-refractivity contribution in [2.75, 3.05) is 18.1 Å². The van der Waals surface area contributed by atoms with Crippen LogP contribution in [0.1, 0.15) is 22.4 Å². The number of nitrogens with one attached hydrogen (secondary N) is 1. The number of rotatable bonds is 6. The average Bonchev–Trinajstić information content (AvgIpc) is 2.91. The Morgan fingerprint density at radius 2 is 1.85 bits per heavy atom. The normalized spacial score (nSPS) is 11.6. The van der Waals surface area contributed by atoms with Gasteiger partial charge in [-0.15, -0.1) is 0 Å². The molecule has 2 heterocycles. The van der Waals surface area contributed by atoms with Crippen molar-refractivity contribution >= 4 is 28.1 Å². The van der Waals surface area contributed by atoms with Crippen molar-refractivity contribution in [1.29, 1.82) is 0 Å². The Kier molecular flexibility index (Phi) is 6.76. The molecular weight excluding hydrogens is 502 g/mol. The number of anilines is 2. The maximum absolute atomic E-state index is 14.8. The van der Waals surface area contributed by atoms with Gasteiger partial charge in [-0.25, -0.2) is 18.7 Å². The fourth-order valence-corrected chi connectivity index (χ4v) is 4.57. The number of fused-ring (bicyclic) bond motifs is 1. The number of nitrogens with zero attached hydrogens (tertiary/aromatic N) is 4. The number of nitrogen functional groups attached to an aromatic ring is 1. The van der Waals surface area contributed by atoms with Gasteiger partial charge in [0.05, 0.1) is 28.9 Å². The molecule has 0 fully saturated rings. The third-order valence-corrected chi connectivity index (χ3v) is 6.42. The van der Waals surface area contributed by atoms with Crippen molar-refractivity contribution in [1.82, 2.24) is 14.5 Å². The molecule has 0 atom stereocenters. The highest BCUT2D eigenvalue weighted by Gasteiger charge is 2.20. The SMILES string of the molecule is C/N=C(/c1ccc(F)c(O)c1)c1c(N)ncnc1NCc1cc2cccc(F)c2c(=O)n1-c1ccccc1C. The summed E-state index contributed by atoms with van der Waals surface area (Å²) in [5.41, 5.74) is 8.79. The molecule has 196 valence electrons. The second-order valence-electron chi connectivity index (χ2n) is 8.84. The van der Waals surface area contributed by atoms with Crippen molar-refractivity contribution in [2.45, 2.75) is 13.5 Å². The van der Waals surface area contributed by atoms with Gasteiger partial charge >= 0.3 is 0 Å². The minimum Gasteiger partial charge on any atom is -0.505 e. The number of benzene rings is 3. The Bertz CT molecular complexity index is 1820. The minimum atomic E-state index is -0.772. The third kappa shape index (κ3) is 4.68. The Labute approximate surface area is 222 Å². The minimum absolute atomic E-state index is 0.00649. The van der Waals surface area contributed by atoms with E-state index in [0.29, 0.717) is 39.4 Å². The van der Waals surface area contributed by atoms with Crippen LogP contribution in [0.5, 0.6) is 5.75 Å². The van der Waals surface area contributed by atoms with Gasteiger partial charge in [0.1, 0.15) is 23.8 Å². The molecule has 0 aliphatic carbocycles. The van der Waals surface area contributed by atoms with E-state index in [1.165, 1.54) is 36.1 Å². The van der Waals surface area contributed by atoms with Crippen LogP contribution in [-0.2, 0) is 6.54 Å². The Morgan fingerprint density at radius 3 is 2.59 bits per heavy atom. The lowest BCUT2D eigenvalue weighted by Gasteiger charge is -2.19. The number of halogens is 2. The molecule has 4 N–H and O–H groups in total. The zero-order valence-electron chi connectivity index (χ0n) is 21.1. The largest absolute Gasteiger partial charge is 0.505 e. The first-order valence-corrected chi connectivity index (χ1v) is 12.0. The molecule has 0 radical (unpaired) electrons. The highest BCUT2D eigenvalue weighted by molar-refractivity contribution is 6.18. The number of aliphatic imine (C=N–C) groups is 1. The smallest absolute Gasteiger partial charge is 0.266 e. The molecule has 5 aromatic rings. The molecule has 0 saturated heterocycles. The summed E-state index contributed by atoms with van der Waals surface area (Å²) in [6, 6.07) is 17.4. The van der Waals surface area contributed by atoms with E-state index in [1.54, 1.807) is 24.3 Å². The molecule has 3 aromatic carbocycles. The maximum Gasteiger partial charge on any atom is 0.266 e. The second-order valence-corrected chi connectivity index (χ2v) is 8.84. The molecule has 0 spiro atoms. The average molecular weight is 527 g/mol. The summed E-state index contributed by atoms with van der Waals surface area (Å²) in [5, 5.41) is 13.6. The first-order chi connectivity index (χ1) is 18.8. The van der Waals surface area contributed by atoms with Gasteiger partial charge in [0.2, 0.25) is 0 Å². The number of aromatic nitrogens is 3. The number of nitrogens with two attached hydrogens (primary N) is 1. The van der Waals surface area contributed by atoms with Gasteiger partial charge in [-0.1, -0.05) is 30.3 Å². The predicted molar refractivity (Wildman–Crippen MR) is 148 cm³/mol. The standard InChI is InChI=1S/C29H24F2N6O2/c1-16-6-3-4-9-22(16)37-19(12-17-7-5-8-21(31)24(17)29(37)39)14-34-28-25(27(32)35-15-36-28)26(33-2)18-10-11-20(30)23(38)13-18/h3-13,15,38H,14H2,1-2H3,(H3,32,34,35,36)/b33-26-. The molecule has 0 aliphatic heterocycles. The van der Waals surface area contributed by atoms with Crippen LogP contribution in [-0.4, -0.2) is 32.4 Å². The number of hydrogen-bond donors (Lipinski definition) is 3. The Morgan fingerprint density at radius 1 is 1.05 bits per heavy atom. The summed E-state index contributed by atoms with van der Waals surface area (Å²) in [7, 11) is 1.53. The molecule has 2 aromatic heterocycles. The van der Waals surface area contributed by atoms with Gasteiger partial charge in [0.15, 0.2) is 11.6 Å². The highest BCUT2D eigenvalue weighted by atomic mass is 19.1. The molecule has 0 saturated carbocycles. The molecule has 0 unspecified atom stereocenters. The fourth-order valence-electron chi connectivity index (χ4n) is 4.57. The van der Waals surface area contributed by atoms with Gasteiger partial charge in [-0.05, 0) is 54.3 Å². The van der Waals surface area contributed by atoms with Crippen LogP contribution in [0.15, 0.2) is 82.8 Å². The van der Waals surface area contributed by atoms with Gasteiger partial charge in [0.25, 0.3) is 5.56 Å².